The van der Waals surface area contributed by atoms with Crippen LogP contribution in [0.3, 0.4) is 0 Å². The quantitative estimate of drug-likeness (QED) is 0.797. The highest BCUT2D eigenvalue weighted by molar-refractivity contribution is 5.81. The molecular formula is C13H14FNO. The minimum Gasteiger partial charge on any atom is -0.464 e. The van der Waals surface area contributed by atoms with Crippen molar-refractivity contribution in [3.63, 3.8) is 0 Å². The van der Waals surface area contributed by atoms with Crippen molar-refractivity contribution < 1.29 is 8.81 Å². The van der Waals surface area contributed by atoms with Gasteiger partial charge in [0, 0.05) is 10.9 Å². The van der Waals surface area contributed by atoms with Gasteiger partial charge in [-0.05, 0) is 50.0 Å². The third-order valence-corrected chi connectivity index (χ3v) is 3.35. The molecule has 1 aromatic carbocycles. The van der Waals surface area contributed by atoms with Crippen LogP contribution in [0.1, 0.15) is 24.3 Å². The standard InChI is InChI=1S/C13H14FNO/c14-11-2-1-10-5-8-16-13(10)12(11)9-3-6-15-7-4-9/h1-2,5,8-9,15H,3-4,6-7H2. The van der Waals surface area contributed by atoms with Gasteiger partial charge in [-0.25, -0.2) is 4.39 Å². The molecule has 0 radical (unpaired) electrons. The molecule has 2 heterocycles. The summed E-state index contributed by atoms with van der Waals surface area (Å²) in [7, 11) is 0. The van der Waals surface area contributed by atoms with E-state index in [4.69, 9.17) is 4.42 Å². The SMILES string of the molecule is Fc1ccc2ccoc2c1C1CCNCC1. The first-order valence-electron chi connectivity index (χ1n) is 5.72. The molecule has 3 heteroatoms. The fourth-order valence-electron chi connectivity index (χ4n) is 2.52. The second-order valence-electron chi connectivity index (χ2n) is 4.32. The summed E-state index contributed by atoms with van der Waals surface area (Å²) >= 11 is 0. The normalized spacial score (nSPS) is 18.1. The van der Waals surface area contributed by atoms with Gasteiger partial charge >= 0.3 is 0 Å². The number of furan rings is 1. The van der Waals surface area contributed by atoms with E-state index < -0.39 is 0 Å². The van der Waals surface area contributed by atoms with Gasteiger partial charge in [0.1, 0.15) is 11.4 Å². The lowest BCUT2D eigenvalue weighted by molar-refractivity contribution is 0.442. The van der Waals surface area contributed by atoms with Crippen molar-refractivity contribution in [2.75, 3.05) is 13.1 Å². The van der Waals surface area contributed by atoms with Gasteiger partial charge in [-0.1, -0.05) is 0 Å². The molecule has 0 amide bonds. The smallest absolute Gasteiger partial charge is 0.140 e. The third kappa shape index (κ3) is 1.52. The Hall–Kier alpha value is -1.35. The van der Waals surface area contributed by atoms with Gasteiger partial charge < -0.3 is 9.73 Å². The Balaban J connectivity index is 2.12. The highest BCUT2D eigenvalue weighted by Crippen LogP contribution is 2.33. The fraction of sp³-hybridized carbons (Fsp3) is 0.385. The average Bonchev–Trinajstić information content (AvgIpc) is 2.78. The Labute approximate surface area is 93.4 Å². The zero-order chi connectivity index (χ0) is 11.0. The Morgan fingerprint density at radius 1 is 1.19 bits per heavy atom. The molecule has 1 aliphatic rings. The lowest BCUT2D eigenvalue weighted by atomic mass is 9.89. The molecule has 1 aromatic heterocycles. The molecule has 0 unspecified atom stereocenters. The van der Waals surface area contributed by atoms with E-state index in [-0.39, 0.29) is 11.7 Å². The largest absolute Gasteiger partial charge is 0.464 e. The van der Waals surface area contributed by atoms with Crippen molar-refractivity contribution in [3.05, 3.63) is 35.8 Å². The molecule has 0 bridgehead atoms. The van der Waals surface area contributed by atoms with Crippen molar-refractivity contribution in [1.82, 2.24) is 5.32 Å². The van der Waals surface area contributed by atoms with Gasteiger partial charge in [-0.2, -0.15) is 0 Å². The van der Waals surface area contributed by atoms with Gasteiger partial charge in [0.25, 0.3) is 0 Å². The lowest BCUT2D eigenvalue weighted by Gasteiger charge is -2.23. The van der Waals surface area contributed by atoms with Crippen LogP contribution in [0.4, 0.5) is 4.39 Å². The van der Waals surface area contributed by atoms with Gasteiger partial charge in [0.2, 0.25) is 0 Å². The van der Waals surface area contributed by atoms with Crippen molar-refractivity contribution in [3.8, 4) is 0 Å². The van der Waals surface area contributed by atoms with Crippen LogP contribution in [0.15, 0.2) is 28.9 Å². The van der Waals surface area contributed by atoms with Crippen LogP contribution in [0.5, 0.6) is 0 Å². The third-order valence-electron chi connectivity index (χ3n) is 3.35. The number of piperidine rings is 1. The van der Waals surface area contributed by atoms with E-state index in [1.807, 2.05) is 6.07 Å². The first kappa shape index (κ1) is 9.85. The van der Waals surface area contributed by atoms with Crippen LogP contribution in [0.2, 0.25) is 0 Å². The van der Waals surface area contributed by atoms with Crippen LogP contribution in [0, 0.1) is 5.82 Å². The average molecular weight is 219 g/mol. The molecule has 2 aromatic rings. The van der Waals surface area contributed by atoms with Crippen molar-refractivity contribution in [2.24, 2.45) is 0 Å². The Morgan fingerprint density at radius 3 is 2.81 bits per heavy atom. The zero-order valence-corrected chi connectivity index (χ0v) is 9.00. The maximum absolute atomic E-state index is 13.9. The predicted octanol–water partition coefficient (Wildman–Crippen LogP) is 3.04. The maximum Gasteiger partial charge on any atom is 0.140 e. The first-order valence-corrected chi connectivity index (χ1v) is 5.72. The molecule has 0 saturated carbocycles. The van der Waals surface area contributed by atoms with Crippen LogP contribution in [-0.4, -0.2) is 13.1 Å². The summed E-state index contributed by atoms with van der Waals surface area (Å²) in [5.74, 6) is 0.158. The van der Waals surface area contributed by atoms with E-state index >= 15 is 0 Å². The van der Waals surface area contributed by atoms with Crippen LogP contribution < -0.4 is 5.32 Å². The van der Waals surface area contributed by atoms with E-state index in [0.717, 1.165) is 42.5 Å². The van der Waals surface area contributed by atoms with Gasteiger partial charge in [-0.15, -0.1) is 0 Å². The summed E-state index contributed by atoms with van der Waals surface area (Å²) in [6.45, 7) is 1.92. The number of nitrogens with one attached hydrogen (secondary N) is 1. The summed E-state index contributed by atoms with van der Waals surface area (Å²) in [6.07, 6.45) is 3.60. The minimum absolute atomic E-state index is 0.130. The van der Waals surface area contributed by atoms with E-state index in [0.29, 0.717) is 0 Å². The van der Waals surface area contributed by atoms with Crippen LogP contribution in [0.25, 0.3) is 11.0 Å². The molecule has 1 aliphatic heterocycles. The molecule has 0 atom stereocenters. The van der Waals surface area contributed by atoms with Crippen molar-refractivity contribution in [2.45, 2.75) is 18.8 Å². The highest BCUT2D eigenvalue weighted by atomic mass is 19.1. The van der Waals surface area contributed by atoms with Crippen LogP contribution in [-0.2, 0) is 0 Å². The number of rotatable bonds is 1. The number of fused-ring (bicyclic) bond motifs is 1. The number of hydrogen-bond donors (Lipinski definition) is 1. The zero-order valence-electron chi connectivity index (χ0n) is 9.00. The van der Waals surface area contributed by atoms with Gasteiger partial charge in [0.15, 0.2) is 0 Å². The second kappa shape index (κ2) is 3.91. The number of halogens is 1. The molecule has 0 spiro atoms. The summed E-state index contributed by atoms with van der Waals surface area (Å²) in [5.41, 5.74) is 1.50. The monoisotopic (exact) mass is 219 g/mol. The fourth-order valence-corrected chi connectivity index (χ4v) is 2.52. The maximum atomic E-state index is 13.9. The summed E-state index contributed by atoms with van der Waals surface area (Å²) < 4.78 is 19.3. The van der Waals surface area contributed by atoms with Gasteiger partial charge in [-0.3, -0.25) is 0 Å². The van der Waals surface area contributed by atoms with E-state index in [9.17, 15) is 4.39 Å². The molecule has 1 saturated heterocycles. The van der Waals surface area contributed by atoms with E-state index in [2.05, 4.69) is 5.32 Å². The highest BCUT2D eigenvalue weighted by Gasteiger charge is 2.22. The Bertz CT molecular complexity index is 500. The first-order chi connectivity index (χ1) is 7.86. The predicted molar refractivity (Wildman–Crippen MR) is 61.0 cm³/mol. The minimum atomic E-state index is -0.130. The molecule has 84 valence electrons. The van der Waals surface area contributed by atoms with E-state index in [1.54, 1.807) is 18.4 Å². The summed E-state index contributed by atoms with van der Waals surface area (Å²) in [4.78, 5) is 0. The lowest BCUT2D eigenvalue weighted by Crippen LogP contribution is -2.27. The molecular weight excluding hydrogens is 205 g/mol. The van der Waals surface area contributed by atoms with Crippen LogP contribution >= 0.6 is 0 Å². The molecule has 3 rings (SSSR count). The Kier molecular flexibility index (Phi) is 2.40. The summed E-state index contributed by atoms with van der Waals surface area (Å²) in [6, 6.07) is 5.22. The molecule has 16 heavy (non-hydrogen) atoms. The molecule has 2 nitrogen and oxygen atoms in total. The topological polar surface area (TPSA) is 25.2 Å². The van der Waals surface area contributed by atoms with Gasteiger partial charge in [0.05, 0.1) is 6.26 Å². The second-order valence-corrected chi connectivity index (χ2v) is 4.32. The van der Waals surface area contributed by atoms with Crippen molar-refractivity contribution in [1.29, 1.82) is 0 Å². The van der Waals surface area contributed by atoms with E-state index in [1.165, 1.54) is 0 Å². The molecule has 0 aliphatic carbocycles. The summed E-state index contributed by atoms with van der Waals surface area (Å²) in [5, 5.41) is 4.29. The van der Waals surface area contributed by atoms with Crippen molar-refractivity contribution >= 4 is 11.0 Å². The number of benzene rings is 1. The number of hydrogen-bond acceptors (Lipinski definition) is 2. The molecule has 1 fully saturated rings. The molecule has 1 N–H and O–H groups in total. The Morgan fingerprint density at radius 2 is 2.00 bits per heavy atom.